The molecule has 6 rings (SSSR count). The molecule has 212 valence electrons. The third-order valence-electron chi connectivity index (χ3n) is 7.76. The summed E-state index contributed by atoms with van der Waals surface area (Å²) < 4.78 is 31.1. The fourth-order valence-electron chi connectivity index (χ4n) is 5.63. The summed E-state index contributed by atoms with van der Waals surface area (Å²) in [5.74, 6) is 0.800. The molecule has 0 unspecified atom stereocenters. The molecule has 1 amide bonds. The molecule has 1 aromatic carbocycles. The van der Waals surface area contributed by atoms with Crippen molar-refractivity contribution in [2.75, 3.05) is 23.7 Å². The highest BCUT2D eigenvalue weighted by Crippen LogP contribution is 2.34. The molecule has 9 nitrogen and oxygen atoms in total. The highest BCUT2D eigenvalue weighted by Gasteiger charge is 2.29. The van der Waals surface area contributed by atoms with Crippen LogP contribution in [0.15, 0.2) is 65.7 Å². The van der Waals surface area contributed by atoms with Gasteiger partial charge in [0.05, 0.1) is 52.0 Å². The molecule has 0 saturated carbocycles. The van der Waals surface area contributed by atoms with E-state index >= 15 is 0 Å². The van der Waals surface area contributed by atoms with Crippen LogP contribution in [-0.2, 0) is 21.1 Å². The van der Waals surface area contributed by atoms with Crippen molar-refractivity contribution in [2.45, 2.75) is 56.8 Å². The molecule has 1 saturated heterocycles. The average Bonchev–Trinajstić information content (AvgIpc) is 2.97. The van der Waals surface area contributed by atoms with Gasteiger partial charge in [-0.25, -0.2) is 18.4 Å². The molecular formula is C31H33N5O4S. The van der Waals surface area contributed by atoms with Gasteiger partial charge in [0, 0.05) is 30.2 Å². The van der Waals surface area contributed by atoms with Crippen LogP contribution in [0.25, 0.3) is 22.3 Å². The van der Waals surface area contributed by atoms with Crippen LogP contribution in [0.3, 0.4) is 0 Å². The molecule has 0 radical (unpaired) electrons. The van der Waals surface area contributed by atoms with Crippen LogP contribution >= 0.6 is 0 Å². The molecule has 5 heterocycles. The third-order valence-corrected chi connectivity index (χ3v) is 9.56. The van der Waals surface area contributed by atoms with Gasteiger partial charge in [0.25, 0.3) is 5.91 Å². The molecule has 3 aromatic heterocycles. The first-order chi connectivity index (χ1) is 19.7. The number of anilines is 1. The maximum atomic E-state index is 12.9. The Morgan fingerprint density at radius 2 is 1.78 bits per heavy atom. The SMILES string of the molecule is C[C@@H]1CN(c2cccc(-c3ccc4cnc(CNC(=O)c5ccc6c(c5)S(=O)(=O)CC[C@H]6C)cc4n3)n2)C[C@H](C)O1. The van der Waals surface area contributed by atoms with Gasteiger partial charge in [-0.3, -0.25) is 9.78 Å². The van der Waals surface area contributed by atoms with E-state index in [9.17, 15) is 13.2 Å². The minimum absolute atomic E-state index is 0.105. The number of hydrogen-bond donors (Lipinski definition) is 1. The predicted molar refractivity (Wildman–Crippen MR) is 158 cm³/mol. The van der Waals surface area contributed by atoms with Crippen molar-refractivity contribution in [1.82, 2.24) is 20.3 Å². The van der Waals surface area contributed by atoms with Gasteiger partial charge in [-0.2, -0.15) is 0 Å². The quantitative estimate of drug-likeness (QED) is 0.372. The Labute approximate surface area is 239 Å². The number of amides is 1. The first-order valence-corrected chi connectivity index (χ1v) is 15.6. The van der Waals surface area contributed by atoms with E-state index in [1.54, 1.807) is 18.3 Å². The van der Waals surface area contributed by atoms with Gasteiger partial charge in [-0.1, -0.05) is 19.1 Å². The number of sulfone groups is 1. The van der Waals surface area contributed by atoms with Crippen molar-refractivity contribution < 1.29 is 17.9 Å². The summed E-state index contributed by atoms with van der Waals surface area (Å²) in [5, 5.41) is 3.75. The van der Waals surface area contributed by atoms with E-state index in [0.717, 1.165) is 46.8 Å². The van der Waals surface area contributed by atoms with E-state index < -0.39 is 9.84 Å². The molecule has 2 aliphatic rings. The third kappa shape index (κ3) is 5.67. The highest BCUT2D eigenvalue weighted by molar-refractivity contribution is 7.91. The summed E-state index contributed by atoms with van der Waals surface area (Å²) >= 11 is 0. The van der Waals surface area contributed by atoms with E-state index in [4.69, 9.17) is 14.7 Å². The standard InChI is InChI=1S/C31H33N5O4S/c1-19-11-12-41(38,39)29-13-22(7-9-25(19)29)31(37)33-16-24-14-28-23(15-32-24)8-10-27(34-28)26-5-4-6-30(35-26)36-17-20(2)40-21(3)18-36/h4-10,13-15,19-21H,11-12,16-18H2,1-3H3,(H,33,37)/t19-,20-,21+/m1/s1. The number of fused-ring (bicyclic) bond motifs is 2. The Balaban J connectivity index is 1.20. The lowest BCUT2D eigenvalue weighted by atomic mass is 9.97. The average molecular weight is 572 g/mol. The second kappa shape index (κ2) is 10.8. The van der Waals surface area contributed by atoms with Crippen molar-refractivity contribution in [3.8, 4) is 11.4 Å². The van der Waals surface area contributed by atoms with Crippen molar-refractivity contribution in [1.29, 1.82) is 0 Å². The minimum atomic E-state index is -3.38. The largest absolute Gasteiger partial charge is 0.372 e. The fraction of sp³-hybridized carbons (Fsp3) is 0.355. The Morgan fingerprint density at radius 1 is 1.00 bits per heavy atom. The molecule has 3 atom stereocenters. The first-order valence-electron chi connectivity index (χ1n) is 13.9. The van der Waals surface area contributed by atoms with E-state index in [-0.39, 0.29) is 41.2 Å². The second-order valence-corrected chi connectivity index (χ2v) is 13.1. The lowest BCUT2D eigenvalue weighted by Crippen LogP contribution is -2.45. The van der Waals surface area contributed by atoms with Crippen molar-refractivity contribution in [2.24, 2.45) is 0 Å². The van der Waals surface area contributed by atoms with Crippen molar-refractivity contribution in [3.05, 3.63) is 77.6 Å². The Bertz CT molecular complexity index is 1730. The first kappa shape index (κ1) is 27.3. The normalized spacial score (nSPS) is 21.8. The summed E-state index contributed by atoms with van der Waals surface area (Å²) in [5.41, 5.74) is 4.01. The molecule has 1 N–H and O–H groups in total. The van der Waals surface area contributed by atoms with Crippen LogP contribution in [0.2, 0.25) is 0 Å². The molecule has 0 spiro atoms. The van der Waals surface area contributed by atoms with Gasteiger partial charge in [-0.05, 0) is 74.2 Å². The van der Waals surface area contributed by atoms with Crippen LogP contribution in [-0.4, -0.2) is 60.3 Å². The second-order valence-electron chi connectivity index (χ2n) is 11.1. The molecule has 2 aliphatic heterocycles. The fourth-order valence-corrected chi connectivity index (χ4v) is 7.45. The summed E-state index contributed by atoms with van der Waals surface area (Å²) in [4.78, 5) is 29.7. The summed E-state index contributed by atoms with van der Waals surface area (Å²) in [6.45, 7) is 7.91. The van der Waals surface area contributed by atoms with Crippen LogP contribution in [0.5, 0.6) is 0 Å². The smallest absolute Gasteiger partial charge is 0.251 e. The number of pyridine rings is 3. The number of ether oxygens (including phenoxy) is 1. The van der Waals surface area contributed by atoms with Crippen LogP contribution in [0, 0.1) is 0 Å². The zero-order chi connectivity index (χ0) is 28.7. The van der Waals surface area contributed by atoms with Crippen molar-refractivity contribution in [3.63, 3.8) is 0 Å². The molecule has 0 bridgehead atoms. The molecule has 1 fully saturated rings. The maximum absolute atomic E-state index is 12.9. The van der Waals surface area contributed by atoms with E-state index in [1.165, 1.54) is 6.07 Å². The minimum Gasteiger partial charge on any atom is -0.372 e. The molecule has 10 heteroatoms. The highest BCUT2D eigenvalue weighted by atomic mass is 32.2. The number of morpholine rings is 1. The lowest BCUT2D eigenvalue weighted by Gasteiger charge is -2.36. The molecule has 4 aromatic rings. The van der Waals surface area contributed by atoms with Gasteiger partial charge < -0.3 is 15.0 Å². The summed E-state index contributed by atoms with van der Waals surface area (Å²) in [6, 6.07) is 16.7. The maximum Gasteiger partial charge on any atom is 0.251 e. The van der Waals surface area contributed by atoms with E-state index in [1.807, 2.05) is 43.3 Å². The number of nitrogens with zero attached hydrogens (tertiary/aromatic N) is 4. The van der Waals surface area contributed by atoms with Crippen LogP contribution in [0.4, 0.5) is 5.82 Å². The van der Waals surface area contributed by atoms with Gasteiger partial charge in [0.2, 0.25) is 0 Å². The molecule has 0 aliphatic carbocycles. The Kier molecular flexibility index (Phi) is 7.21. The molecular weight excluding hydrogens is 538 g/mol. The number of hydrogen-bond acceptors (Lipinski definition) is 8. The number of carbonyl (C=O) groups is 1. The topological polar surface area (TPSA) is 114 Å². The summed E-state index contributed by atoms with van der Waals surface area (Å²) in [7, 11) is -3.38. The van der Waals surface area contributed by atoms with Crippen LogP contribution in [0.1, 0.15) is 54.7 Å². The van der Waals surface area contributed by atoms with Gasteiger partial charge in [-0.15, -0.1) is 0 Å². The van der Waals surface area contributed by atoms with Crippen LogP contribution < -0.4 is 10.2 Å². The number of rotatable bonds is 5. The van der Waals surface area contributed by atoms with Gasteiger partial charge in [0.15, 0.2) is 9.84 Å². The van der Waals surface area contributed by atoms with Gasteiger partial charge >= 0.3 is 0 Å². The number of benzene rings is 1. The zero-order valence-electron chi connectivity index (χ0n) is 23.4. The predicted octanol–water partition coefficient (Wildman–Crippen LogP) is 4.52. The lowest BCUT2D eigenvalue weighted by molar-refractivity contribution is -0.00545. The van der Waals surface area contributed by atoms with E-state index in [0.29, 0.717) is 17.7 Å². The summed E-state index contributed by atoms with van der Waals surface area (Å²) in [6.07, 6.45) is 2.61. The zero-order valence-corrected chi connectivity index (χ0v) is 24.2. The van der Waals surface area contributed by atoms with Crippen molar-refractivity contribution >= 4 is 32.5 Å². The number of carbonyl (C=O) groups excluding carboxylic acids is 1. The molecule has 41 heavy (non-hydrogen) atoms. The Hall–Kier alpha value is -3.89. The Morgan fingerprint density at radius 3 is 2.59 bits per heavy atom. The number of nitrogens with one attached hydrogen (secondary N) is 1. The van der Waals surface area contributed by atoms with E-state index in [2.05, 4.69) is 29.0 Å². The monoisotopic (exact) mass is 571 g/mol. The number of aromatic nitrogens is 3. The van der Waals surface area contributed by atoms with Gasteiger partial charge in [0.1, 0.15) is 5.82 Å².